The topological polar surface area (TPSA) is 92.4 Å². The summed E-state index contributed by atoms with van der Waals surface area (Å²) in [7, 11) is 5.44. The number of hydrogen-bond donors (Lipinski definition) is 1. The molecule has 2 heterocycles. The minimum Gasteiger partial charge on any atom is -0.503 e. The average molecular weight is 493 g/mol. The normalized spacial score (nSPS) is 15.9. The van der Waals surface area contributed by atoms with Crippen LogP contribution in [0.2, 0.25) is 0 Å². The number of rotatable bonds is 11. The summed E-state index contributed by atoms with van der Waals surface area (Å²) in [6, 6.07) is 13.5. The van der Waals surface area contributed by atoms with E-state index in [1.54, 1.807) is 23.1 Å². The molecule has 1 aliphatic rings. The highest BCUT2D eigenvalue weighted by atomic mass is 16.5. The van der Waals surface area contributed by atoms with Crippen molar-refractivity contribution in [3.8, 4) is 11.5 Å². The molecule has 1 N–H and O–H groups in total. The molecule has 1 aromatic heterocycles. The second-order valence-electron chi connectivity index (χ2n) is 9.06. The Morgan fingerprint density at radius 3 is 2.67 bits per heavy atom. The predicted molar refractivity (Wildman–Crippen MR) is 137 cm³/mol. The van der Waals surface area contributed by atoms with Crippen molar-refractivity contribution in [2.45, 2.75) is 25.8 Å². The number of amides is 1. The van der Waals surface area contributed by atoms with Crippen LogP contribution in [-0.2, 0) is 4.79 Å². The van der Waals surface area contributed by atoms with Crippen LogP contribution < -0.4 is 9.47 Å². The van der Waals surface area contributed by atoms with Crippen LogP contribution >= 0.6 is 0 Å². The molecule has 8 heteroatoms. The fourth-order valence-electron chi connectivity index (χ4n) is 4.46. The second-order valence-corrected chi connectivity index (χ2v) is 9.06. The van der Waals surface area contributed by atoms with E-state index in [-0.39, 0.29) is 11.3 Å². The summed E-state index contributed by atoms with van der Waals surface area (Å²) in [6.45, 7) is 3.69. The number of ketones is 1. The molecule has 0 fully saturated rings. The van der Waals surface area contributed by atoms with Gasteiger partial charge in [-0.1, -0.05) is 31.2 Å². The van der Waals surface area contributed by atoms with Crippen molar-refractivity contribution in [1.29, 1.82) is 0 Å². The van der Waals surface area contributed by atoms with E-state index in [1.165, 1.54) is 7.11 Å². The van der Waals surface area contributed by atoms with E-state index in [0.717, 1.165) is 13.0 Å². The minimum absolute atomic E-state index is 0.00415. The minimum atomic E-state index is -0.771. The Bertz CT molecular complexity index is 1290. The Hall–Kier alpha value is -3.78. The van der Waals surface area contributed by atoms with Crippen molar-refractivity contribution >= 4 is 22.7 Å². The van der Waals surface area contributed by atoms with E-state index in [1.807, 2.05) is 56.3 Å². The van der Waals surface area contributed by atoms with E-state index >= 15 is 0 Å². The van der Waals surface area contributed by atoms with Gasteiger partial charge in [0.1, 0.15) is 5.75 Å². The lowest BCUT2D eigenvalue weighted by Gasteiger charge is -2.27. The number of benzene rings is 2. The van der Waals surface area contributed by atoms with Crippen molar-refractivity contribution in [3.63, 3.8) is 0 Å². The summed E-state index contributed by atoms with van der Waals surface area (Å²) in [6.07, 6.45) is 1.53. The first-order valence-electron chi connectivity index (χ1n) is 12.1. The monoisotopic (exact) mass is 492 g/mol. The molecular weight excluding hydrogens is 460 g/mol. The molecule has 2 aromatic carbocycles. The number of fused-ring (bicyclic) bond motifs is 1. The molecule has 0 saturated carbocycles. The molecular formula is C28H32N2O6. The van der Waals surface area contributed by atoms with Gasteiger partial charge in [0, 0.05) is 11.9 Å². The fourth-order valence-corrected chi connectivity index (χ4v) is 4.46. The maximum atomic E-state index is 13.8. The number of carbonyl (C=O) groups is 2. The molecule has 1 atom stereocenters. The quantitative estimate of drug-likeness (QED) is 0.386. The van der Waals surface area contributed by atoms with Crippen LogP contribution in [0, 0.1) is 0 Å². The van der Waals surface area contributed by atoms with E-state index in [0.29, 0.717) is 47.6 Å². The lowest BCUT2D eigenvalue weighted by molar-refractivity contribution is -0.129. The zero-order valence-electron chi connectivity index (χ0n) is 21.1. The molecule has 36 heavy (non-hydrogen) atoms. The number of aliphatic hydroxyl groups is 1. The highest BCUT2D eigenvalue weighted by molar-refractivity contribution is 6.16. The first kappa shape index (κ1) is 25.3. The Morgan fingerprint density at radius 1 is 1.17 bits per heavy atom. The Labute approximate surface area is 210 Å². The number of carbonyl (C=O) groups excluding carboxylic acids is 2. The van der Waals surface area contributed by atoms with Crippen LogP contribution in [0.4, 0.5) is 0 Å². The molecule has 3 aromatic rings. The molecule has 8 nitrogen and oxygen atoms in total. The number of furan rings is 1. The summed E-state index contributed by atoms with van der Waals surface area (Å²) < 4.78 is 17.0. The van der Waals surface area contributed by atoms with Crippen molar-refractivity contribution in [2.24, 2.45) is 0 Å². The van der Waals surface area contributed by atoms with Crippen LogP contribution in [0.3, 0.4) is 0 Å². The highest BCUT2D eigenvalue weighted by Crippen LogP contribution is 2.41. The zero-order valence-corrected chi connectivity index (χ0v) is 21.1. The second kappa shape index (κ2) is 10.9. The standard InChI is InChI=1S/C28H32N2O6/c1-5-15-35-20-11-6-9-18(16-20)24-23(26(32)28(33)30(24)14-8-13-29(2)3)25(31)22-17-19-10-7-12-21(34-4)27(19)36-22/h6-7,9-12,16-17,24,32H,5,8,13-15H2,1-4H3. The number of para-hydroxylation sites is 1. The zero-order chi connectivity index (χ0) is 25.8. The third-order valence-electron chi connectivity index (χ3n) is 6.15. The maximum absolute atomic E-state index is 13.8. The van der Waals surface area contributed by atoms with Crippen LogP contribution in [-0.4, -0.2) is 67.5 Å². The number of nitrogens with zero attached hydrogens (tertiary/aromatic N) is 2. The molecule has 1 amide bonds. The van der Waals surface area contributed by atoms with Gasteiger partial charge >= 0.3 is 0 Å². The van der Waals surface area contributed by atoms with Gasteiger partial charge in [0.2, 0.25) is 5.78 Å². The van der Waals surface area contributed by atoms with Gasteiger partial charge in [-0.25, -0.2) is 0 Å². The molecule has 1 aliphatic heterocycles. The first-order valence-corrected chi connectivity index (χ1v) is 12.1. The van der Waals surface area contributed by atoms with Gasteiger partial charge in [-0.15, -0.1) is 0 Å². The Kier molecular flexibility index (Phi) is 7.64. The molecule has 0 aliphatic carbocycles. The van der Waals surface area contributed by atoms with E-state index in [9.17, 15) is 14.7 Å². The largest absolute Gasteiger partial charge is 0.503 e. The summed E-state index contributed by atoms with van der Waals surface area (Å²) in [5.74, 6) is -0.504. The van der Waals surface area contributed by atoms with E-state index in [4.69, 9.17) is 13.9 Å². The van der Waals surface area contributed by atoms with Gasteiger partial charge in [0.05, 0.1) is 25.3 Å². The van der Waals surface area contributed by atoms with Crippen molar-refractivity contribution < 1.29 is 28.6 Å². The lowest BCUT2D eigenvalue weighted by atomic mass is 9.94. The average Bonchev–Trinajstić information content (AvgIpc) is 3.42. The van der Waals surface area contributed by atoms with Crippen molar-refractivity contribution in [3.05, 3.63) is 71.2 Å². The molecule has 1 unspecified atom stereocenters. The highest BCUT2D eigenvalue weighted by Gasteiger charge is 2.44. The first-order chi connectivity index (χ1) is 17.3. The molecule has 0 bridgehead atoms. The van der Waals surface area contributed by atoms with Gasteiger partial charge in [-0.05, 0) is 63.3 Å². The Morgan fingerprint density at radius 2 is 1.94 bits per heavy atom. The maximum Gasteiger partial charge on any atom is 0.290 e. The van der Waals surface area contributed by atoms with E-state index < -0.39 is 23.5 Å². The molecule has 0 saturated heterocycles. The van der Waals surface area contributed by atoms with Gasteiger partial charge in [-0.2, -0.15) is 0 Å². The van der Waals surface area contributed by atoms with Crippen molar-refractivity contribution in [2.75, 3.05) is 40.9 Å². The molecule has 0 spiro atoms. The summed E-state index contributed by atoms with van der Waals surface area (Å²) in [5, 5.41) is 11.6. The fraction of sp³-hybridized carbons (Fsp3) is 0.357. The Balaban J connectivity index is 1.76. The van der Waals surface area contributed by atoms with Gasteiger partial charge in [0.25, 0.3) is 5.91 Å². The van der Waals surface area contributed by atoms with Crippen LogP contribution in [0.5, 0.6) is 11.5 Å². The third-order valence-corrected chi connectivity index (χ3v) is 6.15. The summed E-state index contributed by atoms with van der Waals surface area (Å²) >= 11 is 0. The SMILES string of the molecule is CCCOc1cccc(C2C(C(=O)c3cc4cccc(OC)c4o3)=C(O)C(=O)N2CCCN(C)C)c1. The molecule has 4 rings (SSSR count). The van der Waals surface area contributed by atoms with Gasteiger partial charge in [-0.3, -0.25) is 9.59 Å². The van der Waals surface area contributed by atoms with Gasteiger partial charge < -0.3 is 28.8 Å². The van der Waals surface area contributed by atoms with E-state index in [2.05, 4.69) is 0 Å². The molecule has 190 valence electrons. The smallest absolute Gasteiger partial charge is 0.290 e. The van der Waals surface area contributed by atoms with Crippen LogP contribution in [0.15, 0.2) is 64.3 Å². The third kappa shape index (κ3) is 4.95. The van der Waals surface area contributed by atoms with Crippen LogP contribution in [0.1, 0.15) is 41.9 Å². The molecule has 0 radical (unpaired) electrons. The number of hydrogen-bond acceptors (Lipinski definition) is 7. The predicted octanol–water partition coefficient (Wildman–Crippen LogP) is 4.76. The number of methoxy groups -OCH3 is 1. The number of aliphatic hydroxyl groups excluding tert-OH is 1. The van der Waals surface area contributed by atoms with Gasteiger partial charge in [0.15, 0.2) is 22.9 Å². The summed E-state index contributed by atoms with van der Waals surface area (Å²) in [4.78, 5) is 30.6. The number of Topliss-reactive ketones (excluding diaryl/α,β-unsaturated/α-hetero) is 1. The summed E-state index contributed by atoms with van der Waals surface area (Å²) in [5.41, 5.74) is 1.11. The van der Waals surface area contributed by atoms with Crippen molar-refractivity contribution in [1.82, 2.24) is 9.80 Å². The lowest BCUT2D eigenvalue weighted by Crippen LogP contribution is -2.33. The number of ether oxygens (including phenoxy) is 2. The van der Waals surface area contributed by atoms with Crippen LogP contribution in [0.25, 0.3) is 11.0 Å².